The van der Waals surface area contributed by atoms with Crippen LogP contribution in [-0.2, 0) is 6.54 Å². The second-order valence-corrected chi connectivity index (χ2v) is 8.79. The minimum atomic E-state index is -0.0490. The largest absolute Gasteiger partial charge is 0.288 e. The van der Waals surface area contributed by atoms with Crippen molar-refractivity contribution in [1.82, 2.24) is 19.3 Å². The predicted octanol–water partition coefficient (Wildman–Crippen LogP) is 4.40. The Balaban J connectivity index is 1.46. The Bertz CT molecular complexity index is 1170. The molecule has 4 heterocycles. The molecule has 0 spiro atoms. The highest BCUT2D eigenvalue weighted by Gasteiger charge is 2.29. The SMILES string of the molecule is O=c1cc(CN2CCC[C@@H]2c2nc3ccccc3s2)nc2ccc(Br)cn12. The van der Waals surface area contributed by atoms with Gasteiger partial charge in [0.2, 0.25) is 0 Å². The van der Waals surface area contributed by atoms with Crippen LogP contribution in [0, 0.1) is 0 Å². The molecule has 0 saturated carbocycles. The van der Waals surface area contributed by atoms with Crippen molar-refractivity contribution in [2.24, 2.45) is 0 Å². The molecule has 3 aromatic heterocycles. The molecule has 0 amide bonds. The summed E-state index contributed by atoms with van der Waals surface area (Å²) in [5.74, 6) is 0. The van der Waals surface area contributed by atoms with Crippen molar-refractivity contribution in [2.75, 3.05) is 6.54 Å². The third-order valence-electron chi connectivity index (χ3n) is 5.00. The van der Waals surface area contributed by atoms with Gasteiger partial charge in [0.05, 0.1) is 22.0 Å². The lowest BCUT2D eigenvalue weighted by molar-refractivity contribution is 0.245. The summed E-state index contributed by atoms with van der Waals surface area (Å²) in [5, 5.41) is 1.16. The Hall–Kier alpha value is -2.09. The zero-order valence-corrected chi connectivity index (χ0v) is 16.9. The van der Waals surface area contributed by atoms with Crippen LogP contribution in [-0.4, -0.2) is 25.8 Å². The lowest BCUT2D eigenvalue weighted by Crippen LogP contribution is -2.25. The van der Waals surface area contributed by atoms with Crippen molar-refractivity contribution in [3.05, 3.63) is 74.2 Å². The summed E-state index contributed by atoms with van der Waals surface area (Å²) in [5.41, 5.74) is 2.51. The van der Waals surface area contributed by atoms with Crippen LogP contribution in [0.25, 0.3) is 15.9 Å². The first-order valence-corrected chi connectivity index (χ1v) is 10.6. The van der Waals surface area contributed by atoms with Crippen LogP contribution in [0.5, 0.6) is 0 Å². The summed E-state index contributed by atoms with van der Waals surface area (Å²) >= 11 is 5.17. The van der Waals surface area contributed by atoms with Gasteiger partial charge in [-0.05, 0) is 59.6 Å². The maximum Gasteiger partial charge on any atom is 0.258 e. The molecular weight excluding hydrogens is 424 g/mol. The van der Waals surface area contributed by atoms with Gasteiger partial charge in [-0.2, -0.15) is 0 Å². The number of likely N-dealkylation sites (tertiary alicyclic amines) is 1. The quantitative estimate of drug-likeness (QED) is 0.473. The van der Waals surface area contributed by atoms with Gasteiger partial charge in [-0.1, -0.05) is 12.1 Å². The molecule has 1 aromatic carbocycles. The zero-order chi connectivity index (χ0) is 18.4. The molecule has 0 aliphatic carbocycles. The van der Waals surface area contributed by atoms with Crippen molar-refractivity contribution < 1.29 is 0 Å². The van der Waals surface area contributed by atoms with Gasteiger partial charge < -0.3 is 0 Å². The molecule has 0 bridgehead atoms. The summed E-state index contributed by atoms with van der Waals surface area (Å²) in [4.78, 5) is 24.4. The van der Waals surface area contributed by atoms with Gasteiger partial charge in [0.1, 0.15) is 10.7 Å². The first kappa shape index (κ1) is 17.0. The molecule has 5 rings (SSSR count). The second kappa shape index (κ2) is 6.82. The fourth-order valence-electron chi connectivity index (χ4n) is 3.74. The van der Waals surface area contributed by atoms with Gasteiger partial charge >= 0.3 is 0 Å². The van der Waals surface area contributed by atoms with Crippen LogP contribution in [0.3, 0.4) is 0 Å². The smallest absolute Gasteiger partial charge is 0.258 e. The van der Waals surface area contributed by atoms with Crippen molar-refractivity contribution in [3.8, 4) is 0 Å². The molecule has 27 heavy (non-hydrogen) atoms. The van der Waals surface area contributed by atoms with Gasteiger partial charge in [-0.3, -0.25) is 14.1 Å². The number of hydrogen-bond donors (Lipinski definition) is 0. The minimum absolute atomic E-state index is 0.0490. The fraction of sp³-hybridized carbons (Fsp3) is 0.250. The Morgan fingerprint density at radius 1 is 1.19 bits per heavy atom. The van der Waals surface area contributed by atoms with Crippen molar-refractivity contribution in [3.63, 3.8) is 0 Å². The normalized spacial score (nSPS) is 17.9. The lowest BCUT2D eigenvalue weighted by Gasteiger charge is -2.22. The van der Waals surface area contributed by atoms with E-state index in [0.717, 1.165) is 40.1 Å². The monoisotopic (exact) mass is 440 g/mol. The highest BCUT2D eigenvalue weighted by molar-refractivity contribution is 9.10. The van der Waals surface area contributed by atoms with E-state index < -0.39 is 0 Å². The van der Waals surface area contributed by atoms with E-state index in [9.17, 15) is 4.79 Å². The van der Waals surface area contributed by atoms with Crippen LogP contribution in [0.1, 0.15) is 29.6 Å². The summed E-state index contributed by atoms with van der Waals surface area (Å²) in [7, 11) is 0. The molecular formula is C20H17BrN4OS. The number of rotatable bonds is 3. The molecule has 7 heteroatoms. The van der Waals surface area contributed by atoms with Gasteiger partial charge in [-0.25, -0.2) is 9.97 Å². The Kier molecular flexibility index (Phi) is 4.30. The third-order valence-corrected chi connectivity index (χ3v) is 6.61. The number of aromatic nitrogens is 3. The Labute approximate surface area is 168 Å². The van der Waals surface area contributed by atoms with Crippen LogP contribution in [0.2, 0.25) is 0 Å². The van der Waals surface area contributed by atoms with E-state index in [1.54, 1.807) is 28.0 Å². The van der Waals surface area contributed by atoms with E-state index in [0.29, 0.717) is 18.2 Å². The Morgan fingerprint density at radius 2 is 2.07 bits per heavy atom. The van der Waals surface area contributed by atoms with Gasteiger partial charge in [0, 0.05) is 23.3 Å². The molecule has 1 fully saturated rings. The average Bonchev–Trinajstić information content (AvgIpc) is 3.28. The number of fused-ring (bicyclic) bond motifs is 2. The van der Waals surface area contributed by atoms with Crippen LogP contribution >= 0.6 is 27.3 Å². The molecule has 1 aliphatic rings. The first-order valence-electron chi connectivity index (χ1n) is 8.95. The minimum Gasteiger partial charge on any atom is -0.288 e. The lowest BCUT2D eigenvalue weighted by atomic mass is 10.2. The number of halogens is 1. The summed E-state index contributed by atoms with van der Waals surface area (Å²) < 4.78 is 3.66. The Morgan fingerprint density at radius 3 is 2.96 bits per heavy atom. The molecule has 1 atom stereocenters. The number of thiazole rings is 1. The van der Waals surface area contributed by atoms with Gasteiger partial charge in [0.25, 0.3) is 5.56 Å². The maximum atomic E-state index is 12.5. The van der Waals surface area contributed by atoms with Gasteiger partial charge in [0.15, 0.2) is 0 Å². The van der Waals surface area contributed by atoms with Crippen LogP contribution < -0.4 is 5.56 Å². The van der Waals surface area contributed by atoms with E-state index in [2.05, 4.69) is 39.0 Å². The zero-order valence-electron chi connectivity index (χ0n) is 14.5. The standard InChI is InChI=1S/C20H17BrN4OS/c21-13-7-8-18-22-14(10-19(26)25(18)11-13)12-24-9-3-5-16(24)20-23-15-4-1-2-6-17(15)27-20/h1-2,4,6-8,10-11,16H,3,5,9,12H2/t16-/m1/s1. The first-order chi connectivity index (χ1) is 13.2. The summed E-state index contributed by atoms with van der Waals surface area (Å²) in [6.07, 6.45) is 3.99. The summed E-state index contributed by atoms with van der Waals surface area (Å²) in [6, 6.07) is 14.0. The number of hydrogen-bond acceptors (Lipinski definition) is 5. The van der Waals surface area contributed by atoms with Crippen LogP contribution in [0.15, 0.2) is 57.9 Å². The highest BCUT2D eigenvalue weighted by atomic mass is 79.9. The van der Waals surface area contributed by atoms with E-state index in [1.165, 1.54) is 4.70 Å². The van der Waals surface area contributed by atoms with Gasteiger partial charge in [-0.15, -0.1) is 11.3 Å². The topological polar surface area (TPSA) is 50.5 Å². The predicted molar refractivity (Wildman–Crippen MR) is 111 cm³/mol. The molecule has 136 valence electrons. The highest BCUT2D eigenvalue weighted by Crippen LogP contribution is 2.37. The molecule has 1 saturated heterocycles. The van der Waals surface area contributed by atoms with E-state index in [4.69, 9.17) is 9.97 Å². The third kappa shape index (κ3) is 3.20. The van der Waals surface area contributed by atoms with Crippen molar-refractivity contribution >= 4 is 43.1 Å². The molecule has 5 nitrogen and oxygen atoms in total. The molecule has 0 radical (unpaired) electrons. The molecule has 1 aliphatic heterocycles. The maximum absolute atomic E-state index is 12.5. The van der Waals surface area contributed by atoms with Crippen molar-refractivity contribution in [1.29, 1.82) is 0 Å². The molecule has 4 aromatic rings. The molecule has 0 N–H and O–H groups in total. The second-order valence-electron chi connectivity index (χ2n) is 6.81. The van der Waals surface area contributed by atoms with Crippen LogP contribution in [0.4, 0.5) is 0 Å². The van der Waals surface area contributed by atoms with E-state index in [1.807, 2.05) is 18.2 Å². The average molecular weight is 441 g/mol. The summed E-state index contributed by atoms with van der Waals surface area (Å²) in [6.45, 7) is 1.67. The number of para-hydroxylation sites is 1. The molecule has 0 unspecified atom stereocenters. The van der Waals surface area contributed by atoms with E-state index in [-0.39, 0.29) is 5.56 Å². The fourth-order valence-corrected chi connectivity index (χ4v) is 5.22. The number of nitrogens with zero attached hydrogens (tertiary/aromatic N) is 4. The number of benzene rings is 1. The number of pyridine rings is 1. The van der Waals surface area contributed by atoms with E-state index >= 15 is 0 Å². The van der Waals surface area contributed by atoms with Crippen molar-refractivity contribution in [2.45, 2.75) is 25.4 Å².